The molecule has 1 aliphatic carbocycles. The predicted molar refractivity (Wildman–Crippen MR) is 145 cm³/mol. The number of aliphatic hydroxyl groups excluding tert-OH is 1. The highest BCUT2D eigenvalue weighted by atomic mass is 32.1. The Morgan fingerprint density at radius 1 is 1.03 bits per heavy atom. The average molecular weight is 542 g/mol. The van der Waals surface area contributed by atoms with E-state index < -0.39 is 17.3 Å². The molecule has 2 atom stereocenters. The zero-order valence-corrected chi connectivity index (χ0v) is 22.3. The van der Waals surface area contributed by atoms with E-state index >= 15 is 0 Å². The normalized spacial score (nSPS) is 21.7. The molecule has 0 radical (unpaired) electrons. The maximum Gasteiger partial charge on any atom is 0.416 e. The molecule has 2 aromatic heterocycles. The highest BCUT2D eigenvalue weighted by Crippen LogP contribution is 2.49. The molecule has 6 nitrogen and oxygen atoms in total. The van der Waals surface area contributed by atoms with Crippen molar-refractivity contribution in [3.8, 4) is 10.6 Å². The van der Waals surface area contributed by atoms with Crippen molar-refractivity contribution < 1.29 is 18.3 Å². The van der Waals surface area contributed by atoms with Gasteiger partial charge in [0.2, 0.25) is 5.95 Å². The van der Waals surface area contributed by atoms with Gasteiger partial charge in [0.1, 0.15) is 10.8 Å². The van der Waals surface area contributed by atoms with E-state index in [-0.39, 0.29) is 18.6 Å². The first-order valence-corrected chi connectivity index (χ1v) is 13.4. The van der Waals surface area contributed by atoms with Crippen molar-refractivity contribution >= 4 is 33.3 Å². The van der Waals surface area contributed by atoms with E-state index in [0.29, 0.717) is 23.0 Å². The van der Waals surface area contributed by atoms with Crippen LogP contribution in [-0.4, -0.2) is 32.2 Å². The highest BCUT2D eigenvalue weighted by Gasteiger charge is 2.48. The van der Waals surface area contributed by atoms with E-state index in [9.17, 15) is 18.3 Å². The van der Waals surface area contributed by atoms with Gasteiger partial charge < -0.3 is 15.7 Å². The van der Waals surface area contributed by atoms with Crippen LogP contribution in [0.4, 0.5) is 24.9 Å². The molecule has 0 bridgehead atoms. The van der Waals surface area contributed by atoms with Gasteiger partial charge in [-0.05, 0) is 56.5 Å². The zero-order valence-electron chi connectivity index (χ0n) is 21.5. The minimum absolute atomic E-state index is 0.0394. The smallest absolute Gasteiger partial charge is 0.396 e. The third-order valence-electron chi connectivity index (χ3n) is 7.78. The van der Waals surface area contributed by atoms with Gasteiger partial charge in [-0.2, -0.15) is 18.2 Å². The van der Waals surface area contributed by atoms with Crippen LogP contribution in [0.5, 0.6) is 0 Å². The van der Waals surface area contributed by atoms with Gasteiger partial charge in [-0.25, -0.2) is 9.97 Å². The standard InChI is InChI=1S/C28H30F3N5OS/c1-17-22(24-34-20-10-4-5-11-21(20)38-24)23(36-27(3)13-7-12-26(27,2)16-37)35-25(33-17)32-15-18-8-6-9-19(14-18)28(29,30)31/h4-6,8-11,14,37H,7,12-13,15-16H2,1-3H3,(H2,32,33,35,36). The molecule has 1 fully saturated rings. The molecule has 38 heavy (non-hydrogen) atoms. The highest BCUT2D eigenvalue weighted by molar-refractivity contribution is 7.21. The summed E-state index contributed by atoms with van der Waals surface area (Å²) in [4.78, 5) is 14.3. The van der Waals surface area contributed by atoms with Crippen molar-refractivity contribution in [2.75, 3.05) is 17.2 Å². The molecular weight excluding hydrogens is 511 g/mol. The van der Waals surface area contributed by atoms with Gasteiger partial charge in [0, 0.05) is 17.5 Å². The van der Waals surface area contributed by atoms with Gasteiger partial charge in [0.15, 0.2) is 0 Å². The number of para-hydroxylation sites is 1. The van der Waals surface area contributed by atoms with E-state index in [1.54, 1.807) is 17.4 Å². The first kappa shape index (κ1) is 26.4. The summed E-state index contributed by atoms with van der Waals surface area (Å²) in [5.41, 5.74) is 1.37. The van der Waals surface area contributed by atoms with Crippen LogP contribution < -0.4 is 10.6 Å². The number of nitrogens with zero attached hydrogens (tertiary/aromatic N) is 3. The largest absolute Gasteiger partial charge is 0.416 e. The van der Waals surface area contributed by atoms with Gasteiger partial charge >= 0.3 is 6.18 Å². The molecular formula is C28H30F3N5OS. The van der Waals surface area contributed by atoms with Crippen molar-refractivity contribution in [1.82, 2.24) is 15.0 Å². The lowest BCUT2D eigenvalue weighted by Crippen LogP contribution is -2.48. The predicted octanol–water partition coefficient (Wildman–Crippen LogP) is 7.05. The van der Waals surface area contributed by atoms with Gasteiger partial charge in [0.05, 0.1) is 33.6 Å². The summed E-state index contributed by atoms with van der Waals surface area (Å²) in [6.45, 7) is 6.23. The second kappa shape index (κ2) is 9.81. The number of hydrogen-bond donors (Lipinski definition) is 3. The number of aromatic nitrogens is 3. The maximum atomic E-state index is 13.2. The molecule has 0 aliphatic heterocycles. The van der Waals surface area contributed by atoms with E-state index in [1.165, 1.54) is 6.07 Å². The van der Waals surface area contributed by atoms with Crippen molar-refractivity contribution in [2.45, 2.75) is 58.3 Å². The van der Waals surface area contributed by atoms with Gasteiger partial charge in [-0.3, -0.25) is 0 Å². The maximum absolute atomic E-state index is 13.2. The van der Waals surface area contributed by atoms with Crippen molar-refractivity contribution in [3.63, 3.8) is 0 Å². The van der Waals surface area contributed by atoms with Crippen molar-refractivity contribution in [2.24, 2.45) is 5.41 Å². The van der Waals surface area contributed by atoms with E-state index in [0.717, 1.165) is 52.2 Å². The molecule has 2 unspecified atom stereocenters. The van der Waals surface area contributed by atoms with Crippen LogP contribution >= 0.6 is 11.3 Å². The van der Waals surface area contributed by atoms with Crippen molar-refractivity contribution in [3.05, 3.63) is 65.4 Å². The fraction of sp³-hybridized carbons (Fsp3) is 0.393. The van der Waals surface area contributed by atoms with E-state index in [2.05, 4.69) is 29.5 Å². The Labute approximate surface area is 223 Å². The first-order valence-electron chi connectivity index (χ1n) is 12.5. The number of hydrogen-bond acceptors (Lipinski definition) is 7. The molecule has 2 heterocycles. The molecule has 200 valence electrons. The van der Waals surface area contributed by atoms with Crippen LogP contribution in [0.2, 0.25) is 0 Å². The van der Waals surface area contributed by atoms with Crippen LogP contribution in [0.3, 0.4) is 0 Å². The van der Waals surface area contributed by atoms with Gasteiger partial charge in [-0.1, -0.05) is 37.6 Å². The number of fused-ring (bicyclic) bond motifs is 1. The third kappa shape index (κ3) is 4.94. The van der Waals surface area contributed by atoms with Crippen LogP contribution in [0.15, 0.2) is 48.5 Å². The summed E-state index contributed by atoms with van der Waals surface area (Å²) in [5, 5.41) is 17.8. The SMILES string of the molecule is Cc1nc(NCc2cccc(C(F)(F)F)c2)nc(NC2(C)CCCC2(C)CO)c1-c1nc2ccccc2s1. The second-order valence-corrected chi connectivity index (χ2v) is 11.5. The lowest BCUT2D eigenvalue weighted by Gasteiger charge is -2.41. The Kier molecular flexibility index (Phi) is 6.81. The number of halogens is 3. The quantitative estimate of drug-likeness (QED) is 0.233. The molecule has 5 rings (SSSR count). The lowest BCUT2D eigenvalue weighted by molar-refractivity contribution is -0.137. The Morgan fingerprint density at radius 2 is 1.82 bits per heavy atom. The van der Waals surface area contributed by atoms with Crippen LogP contribution in [0, 0.1) is 12.3 Å². The average Bonchev–Trinajstić information content (AvgIpc) is 3.42. The number of rotatable bonds is 7. The fourth-order valence-electron chi connectivity index (χ4n) is 5.15. The minimum Gasteiger partial charge on any atom is -0.396 e. The number of nitrogens with one attached hydrogen (secondary N) is 2. The Balaban J connectivity index is 1.53. The minimum atomic E-state index is -4.41. The molecule has 1 saturated carbocycles. The van der Waals surface area contributed by atoms with E-state index in [1.807, 2.05) is 31.2 Å². The summed E-state index contributed by atoms with van der Waals surface area (Å²) in [5.74, 6) is 0.895. The first-order chi connectivity index (χ1) is 18.0. The van der Waals surface area contributed by atoms with Crippen LogP contribution in [-0.2, 0) is 12.7 Å². The molecule has 0 saturated heterocycles. The number of thiazole rings is 1. The van der Waals surface area contributed by atoms with Gasteiger partial charge in [0.25, 0.3) is 0 Å². The Hall–Kier alpha value is -3.24. The second-order valence-electron chi connectivity index (χ2n) is 10.4. The molecule has 4 aromatic rings. The van der Waals surface area contributed by atoms with Crippen molar-refractivity contribution in [1.29, 1.82) is 0 Å². The number of benzene rings is 2. The molecule has 0 amide bonds. The monoisotopic (exact) mass is 541 g/mol. The lowest BCUT2D eigenvalue weighted by atomic mass is 9.75. The molecule has 0 spiro atoms. The zero-order chi connectivity index (χ0) is 27.1. The molecule has 3 N–H and O–H groups in total. The number of aryl methyl sites for hydroxylation is 1. The summed E-state index contributed by atoms with van der Waals surface area (Å²) >= 11 is 1.55. The number of aliphatic hydroxyl groups is 1. The topological polar surface area (TPSA) is 83.0 Å². The number of anilines is 2. The summed E-state index contributed by atoms with van der Waals surface area (Å²) in [7, 11) is 0. The summed E-state index contributed by atoms with van der Waals surface area (Å²) < 4.78 is 40.5. The molecule has 10 heteroatoms. The third-order valence-corrected chi connectivity index (χ3v) is 8.84. The van der Waals surface area contributed by atoms with E-state index in [4.69, 9.17) is 9.97 Å². The Bertz CT molecular complexity index is 1440. The molecule has 2 aromatic carbocycles. The fourth-order valence-corrected chi connectivity index (χ4v) is 6.22. The Morgan fingerprint density at radius 3 is 2.55 bits per heavy atom. The molecule has 1 aliphatic rings. The van der Waals surface area contributed by atoms with Gasteiger partial charge in [-0.15, -0.1) is 11.3 Å². The summed E-state index contributed by atoms with van der Waals surface area (Å²) in [6, 6.07) is 13.1. The van der Waals surface area contributed by atoms with Crippen LogP contribution in [0.25, 0.3) is 20.8 Å². The summed E-state index contributed by atoms with van der Waals surface area (Å²) in [6.07, 6.45) is -1.69. The van der Waals surface area contributed by atoms with Crippen LogP contribution in [0.1, 0.15) is 49.9 Å². The number of alkyl halides is 3.